The number of rotatable bonds is 3. The number of amides is 2. The summed E-state index contributed by atoms with van der Waals surface area (Å²) in [7, 11) is 0. The molecular formula is C23H30N4O2. The SMILES string of the molecule is Cc1nc(NC(=O)N2CCN(C3CCOCC3)C[C@H]2C)ccc1-c1ccccc1. The average molecular weight is 395 g/mol. The molecule has 2 aromatic rings. The van der Waals surface area contributed by atoms with Crippen LogP contribution in [0.1, 0.15) is 25.5 Å². The molecule has 1 atom stereocenters. The Hall–Kier alpha value is -2.44. The lowest BCUT2D eigenvalue weighted by Gasteiger charge is -2.44. The van der Waals surface area contributed by atoms with Crippen molar-refractivity contribution in [3.63, 3.8) is 0 Å². The number of hydrogen-bond acceptors (Lipinski definition) is 4. The molecule has 6 nitrogen and oxygen atoms in total. The molecule has 1 N–H and O–H groups in total. The Labute approximate surface area is 172 Å². The Morgan fingerprint density at radius 2 is 1.86 bits per heavy atom. The van der Waals surface area contributed by atoms with Gasteiger partial charge in [0, 0.05) is 56.2 Å². The van der Waals surface area contributed by atoms with E-state index in [1.54, 1.807) is 0 Å². The molecule has 2 aliphatic rings. The summed E-state index contributed by atoms with van der Waals surface area (Å²) >= 11 is 0. The Bertz CT molecular complexity index is 836. The van der Waals surface area contributed by atoms with Gasteiger partial charge in [-0.1, -0.05) is 30.3 Å². The molecular weight excluding hydrogens is 364 g/mol. The normalized spacial score (nSPS) is 21.2. The smallest absolute Gasteiger partial charge is 0.323 e. The van der Waals surface area contributed by atoms with E-state index in [0.29, 0.717) is 11.9 Å². The fraction of sp³-hybridized carbons (Fsp3) is 0.478. The minimum atomic E-state index is -0.0662. The van der Waals surface area contributed by atoms with Gasteiger partial charge in [0.1, 0.15) is 5.82 Å². The maximum atomic E-state index is 12.9. The van der Waals surface area contributed by atoms with Crippen LogP contribution in [0, 0.1) is 6.92 Å². The van der Waals surface area contributed by atoms with Crippen LogP contribution in [-0.2, 0) is 4.74 Å². The molecule has 1 aromatic heterocycles. The molecule has 0 unspecified atom stereocenters. The van der Waals surface area contributed by atoms with Crippen LogP contribution < -0.4 is 5.32 Å². The molecule has 0 radical (unpaired) electrons. The molecule has 6 heteroatoms. The van der Waals surface area contributed by atoms with E-state index < -0.39 is 0 Å². The highest BCUT2D eigenvalue weighted by atomic mass is 16.5. The zero-order valence-electron chi connectivity index (χ0n) is 17.3. The van der Waals surface area contributed by atoms with Gasteiger partial charge in [0.05, 0.1) is 0 Å². The quantitative estimate of drug-likeness (QED) is 0.861. The molecule has 0 saturated carbocycles. The van der Waals surface area contributed by atoms with E-state index in [4.69, 9.17) is 4.74 Å². The van der Waals surface area contributed by atoms with Gasteiger partial charge < -0.3 is 9.64 Å². The largest absolute Gasteiger partial charge is 0.381 e. The lowest BCUT2D eigenvalue weighted by Crippen LogP contribution is -2.58. The fourth-order valence-corrected chi connectivity index (χ4v) is 4.40. The zero-order chi connectivity index (χ0) is 20.2. The molecule has 4 rings (SSSR count). The Kier molecular flexibility index (Phi) is 6.11. The standard InChI is InChI=1S/C23H30N4O2/c1-17-16-26(20-10-14-29-15-11-20)12-13-27(17)23(28)25-22-9-8-21(18(2)24-22)19-6-4-3-5-7-19/h3-9,17,20H,10-16H2,1-2H3,(H,24,25,28)/t17-/m1/s1. The van der Waals surface area contributed by atoms with Crippen molar-refractivity contribution < 1.29 is 9.53 Å². The van der Waals surface area contributed by atoms with Gasteiger partial charge in [-0.2, -0.15) is 0 Å². The van der Waals surface area contributed by atoms with E-state index in [1.807, 2.05) is 42.2 Å². The first-order chi connectivity index (χ1) is 14.1. The van der Waals surface area contributed by atoms with Crippen molar-refractivity contribution in [2.45, 2.75) is 38.8 Å². The molecule has 2 fully saturated rings. The number of anilines is 1. The predicted molar refractivity (Wildman–Crippen MR) is 115 cm³/mol. The molecule has 0 spiro atoms. The van der Waals surface area contributed by atoms with E-state index in [2.05, 4.69) is 34.3 Å². The van der Waals surface area contributed by atoms with Crippen molar-refractivity contribution in [1.82, 2.24) is 14.8 Å². The third-order valence-electron chi connectivity index (χ3n) is 6.03. The molecule has 2 aliphatic heterocycles. The average Bonchev–Trinajstić information content (AvgIpc) is 2.75. The first-order valence-electron chi connectivity index (χ1n) is 10.5. The summed E-state index contributed by atoms with van der Waals surface area (Å²) in [5.74, 6) is 0.603. The second-order valence-electron chi connectivity index (χ2n) is 8.01. The number of aromatic nitrogens is 1. The van der Waals surface area contributed by atoms with Gasteiger partial charge >= 0.3 is 6.03 Å². The van der Waals surface area contributed by atoms with Crippen molar-refractivity contribution in [3.05, 3.63) is 48.2 Å². The minimum absolute atomic E-state index is 0.0662. The molecule has 2 saturated heterocycles. The fourth-order valence-electron chi connectivity index (χ4n) is 4.40. The molecule has 2 amide bonds. The van der Waals surface area contributed by atoms with Crippen molar-refractivity contribution >= 4 is 11.8 Å². The molecule has 29 heavy (non-hydrogen) atoms. The van der Waals surface area contributed by atoms with E-state index in [-0.39, 0.29) is 12.1 Å². The number of pyridine rings is 1. The summed E-state index contributed by atoms with van der Waals surface area (Å²) in [5.41, 5.74) is 3.13. The Morgan fingerprint density at radius 3 is 2.55 bits per heavy atom. The van der Waals surface area contributed by atoms with Gasteiger partial charge in [-0.05, 0) is 44.4 Å². The lowest BCUT2D eigenvalue weighted by molar-refractivity contribution is 0.00816. The van der Waals surface area contributed by atoms with Crippen LogP contribution in [0.15, 0.2) is 42.5 Å². The summed E-state index contributed by atoms with van der Waals surface area (Å²) in [6.45, 7) is 8.38. The highest BCUT2D eigenvalue weighted by molar-refractivity contribution is 5.89. The third kappa shape index (κ3) is 4.60. The van der Waals surface area contributed by atoms with Crippen LogP contribution >= 0.6 is 0 Å². The maximum absolute atomic E-state index is 12.9. The summed E-state index contributed by atoms with van der Waals surface area (Å²) in [4.78, 5) is 21.9. The van der Waals surface area contributed by atoms with Crippen molar-refractivity contribution in [1.29, 1.82) is 0 Å². The van der Waals surface area contributed by atoms with Crippen LogP contribution in [0.25, 0.3) is 11.1 Å². The van der Waals surface area contributed by atoms with Crippen molar-refractivity contribution in [2.24, 2.45) is 0 Å². The van der Waals surface area contributed by atoms with Gasteiger partial charge in [-0.15, -0.1) is 0 Å². The second kappa shape index (κ2) is 8.93. The Balaban J connectivity index is 1.37. The number of urea groups is 1. The zero-order valence-corrected chi connectivity index (χ0v) is 17.3. The second-order valence-corrected chi connectivity index (χ2v) is 8.01. The number of nitrogens with zero attached hydrogens (tertiary/aromatic N) is 3. The number of hydrogen-bond donors (Lipinski definition) is 1. The van der Waals surface area contributed by atoms with Crippen molar-refractivity contribution in [2.75, 3.05) is 38.2 Å². The maximum Gasteiger partial charge on any atom is 0.323 e. The van der Waals surface area contributed by atoms with Gasteiger partial charge in [0.2, 0.25) is 0 Å². The van der Waals surface area contributed by atoms with Gasteiger partial charge in [-0.25, -0.2) is 9.78 Å². The first kappa shape index (κ1) is 19.9. The molecule has 0 bridgehead atoms. The van der Waals surface area contributed by atoms with Gasteiger partial charge in [-0.3, -0.25) is 10.2 Å². The van der Waals surface area contributed by atoms with E-state index in [1.165, 1.54) is 0 Å². The molecule has 1 aromatic carbocycles. The van der Waals surface area contributed by atoms with E-state index >= 15 is 0 Å². The lowest BCUT2D eigenvalue weighted by atomic mass is 10.0. The topological polar surface area (TPSA) is 57.7 Å². The number of benzene rings is 1. The number of carbonyl (C=O) groups excluding carboxylic acids is 1. The van der Waals surface area contributed by atoms with Crippen molar-refractivity contribution in [3.8, 4) is 11.1 Å². The van der Waals surface area contributed by atoms with Gasteiger partial charge in [0.15, 0.2) is 0 Å². The number of carbonyl (C=O) groups is 1. The summed E-state index contributed by atoms with van der Waals surface area (Å²) in [6.07, 6.45) is 2.19. The van der Waals surface area contributed by atoms with E-state index in [0.717, 1.165) is 62.5 Å². The van der Waals surface area contributed by atoms with Crippen LogP contribution in [-0.4, -0.2) is 65.7 Å². The Morgan fingerprint density at radius 1 is 1.10 bits per heavy atom. The summed E-state index contributed by atoms with van der Waals surface area (Å²) < 4.78 is 5.48. The first-order valence-corrected chi connectivity index (χ1v) is 10.5. The third-order valence-corrected chi connectivity index (χ3v) is 6.03. The molecule has 154 valence electrons. The highest BCUT2D eigenvalue weighted by Gasteiger charge is 2.31. The van der Waals surface area contributed by atoms with Crippen LogP contribution in [0.3, 0.4) is 0 Å². The minimum Gasteiger partial charge on any atom is -0.381 e. The summed E-state index contributed by atoms with van der Waals surface area (Å²) in [6, 6.07) is 14.8. The van der Waals surface area contributed by atoms with E-state index in [9.17, 15) is 4.79 Å². The summed E-state index contributed by atoms with van der Waals surface area (Å²) in [5, 5.41) is 2.99. The highest BCUT2D eigenvalue weighted by Crippen LogP contribution is 2.24. The number of ether oxygens (including phenoxy) is 1. The van der Waals surface area contributed by atoms with Crippen LogP contribution in [0.2, 0.25) is 0 Å². The van der Waals surface area contributed by atoms with Gasteiger partial charge in [0.25, 0.3) is 0 Å². The monoisotopic (exact) mass is 394 g/mol. The molecule has 0 aliphatic carbocycles. The number of aryl methyl sites for hydroxylation is 1. The van der Waals surface area contributed by atoms with Crippen LogP contribution in [0.4, 0.5) is 10.6 Å². The van der Waals surface area contributed by atoms with Crippen LogP contribution in [0.5, 0.6) is 0 Å². The molecule has 3 heterocycles. The number of nitrogens with one attached hydrogen (secondary N) is 1. The predicted octanol–water partition coefficient (Wildman–Crippen LogP) is 3.77. The number of piperazine rings is 1.